The second kappa shape index (κ2) is 4.87. The van der Waals surface area contributed by atoms with E-state index in [-0.39, 0.29) is 17.4 Å². The van der Waals surface area contributed by atoms with E-state index in [1.165, 1.54) is 4.90 Å². The van der Waals surface area contributed by atoms with E-state index in [2.05, 4.69) is 0 Å². The first-order chi connectivity index (χ1) is 8.41. The Hall–Kier alpha value is -1.11. The van der Waals surface area contributed by atoms with Gasteiger partial charge in [-0.05, 0) is 25.7 Å². The molecule has 0 aromatic rings. The Morgan fingerprint density at radius 2 is 1.89 bits per heavy atom. The molecule has 7 heteroatoms. The monoisotopic (exact) mass is 275 g/mol. The first kappa shape index (κ1) is 13.3. The van der Waals surface area contributed by atoms with Gasteiger partial charge in [-0.3, -0.25) is 4.79 Å². The van der Waals surface area contributed by atoms with E-state index in [1.54, 1.807) is 0 Å². The molecule has 0 spiro atoms. The summed E-state index contributed by atoms with van der Waals surface area (Å²) in [6.07, 6.45) is 2.36. The number of nitrogens with zero attached hydrogens (tertiary/aromatic N) is 1. The van der Waals surface area contributed by atoms with Crippen LogP contribution in [0.3, 0.4) is 0 Å². The second-order valence-electron chi connectivity index (χ2n) is 4.98. The molecule has 0 aromatic heterocycles. The summed E-state index contributed by atoms with van der Waals surface area (Å²) in [5, 5.41) is 9.09. The van der Waals surface area contributed by atoms with Crippen molar-refractivity contribution in [3.63, 3.8) is 0 Å². The van der Waals surface area contributed by atoms with Crippen LogP contribution in [0.4, 0.5) is 0 Å². The maximum atomic E-state index is 12.2. The Bertz CT molecular complexity index is 458. The molecule has 18 heavy (non-hydrogen) atoms. The number of likely N-dealkylation sites (tertiary alicyclic amines) is 1. The van der Waals surface area contributed by atoms with Crippen LogP contribution in [0, 0.1) is 5.92 Å². The fraction of sp³-hybridized carbons (Fsp3) is 0.818. The van der Waals surface area contributed by atoms with Gasteiger partial charge in [-0.25, -0.2) is 13.2 Å². The molecule has 2 aliphatic heterocycles. The molecule has 2 heterocycles. The Labute approximate surface area is 106 Å². The highest BCUT2D eigenvalue weighted by Crippen LogP contribution is 2.25. The normalized spacial score (nSPS) is 31.2. The average Bonchev–Trinajstić information content (AvgIpc) is 2.68. The van der Waals surface area contributed by atoms with Gasteiger partial charge in [0.05, 0.1) is 17.4 Å². The van der Waals surface area contributed by atoms with Gasteiger partial charge in [-0.15, -0.1) is 0 Å². The van der Waals surface area contributed by atoms with Crippen LogP contribution < -0.4 is 0 Å². The van der Waals surface area contributed by atoms with Gasteiger partial charge in [0, 0.05) is 6.54 Å². The molecule has 102 valence electrons. The minimum atomic E-state index is -3.11. The lowest BCUT2D eigenvalue weighted by Crippen LogP contribution is -2.50. The molecular weight excluding hydrogens is 258 g/mol. The summed E-state index contributed by atoms with van der Waals surface area (Å²) in [5.74, 6) is -1.94. The van der Waals surface area contributed by atoms with E-state index in [0.717, 1.165) is 12.8 Å². The second-order valence-corrected chi connectivity index (χ2v) is 7.21. The molecule has 6 nitrogen and oxygen atoms in total. The van der Waals surface area contributed by atoms with Crippen molar-refractivity contribution < 1.29 is 23.1 Å². The molecule has 2 atom stereocenters. The summed E-state index contributed by atoms with van der Waals surface area (Å²) in [6, 6.07) is -0.783. The molecule has 0 bridgehead atoms. The number of piperidine rings is 1. The maximum Gasteiger partial charge on any atom is 0.326 e. The Kier molecular flexibility index (Phi) is 3.61. The molecule has 2 fully saturated rings. The van der Waals surface area contributed by atoms with E-state index >= 15 is 0 Å². The number of aliphatic carboxylic acids is 1. The smallest absolute Gasteiger partial charge is 0.326 e. The molecule has 0 saturated carbocycles. The van der Waals surface area contributed by atoms with Crippen LogP contribution in [-0.4, -0.2) is 54.4 Å². The average molecular weight is 275 g/mol. The highest BCUT2D eigenvalue weighted by Gasteiger charge is 2.39. The lowest BCUT2D eigenvalue weighted by molar-refractivity contribution is -0.153. The van der Waals surface area contributed by atoms with E-state index in [9.17, 15) is 18.0 Å². The summed E-state index contributed by atoms with van der Waals surface area (Å²) in [4.78, 5) is 24.7. The summed E-state index contributed by atoms with van der Waals surface area (Å²) in [6.45, 7) is 0.423. The summed E-state index contributed by atoms with van der Waals surface area (Å²) < 4.78 is 22.7. The molecule has 0 aliphatic carbocycles. The zero-order valence-corrected chi connectivity index (χ0v) is 10.9. The SMILES string of the molecule is O=C(O)[C@@H]1CCCCN1C(=O)C1CCS(=O)(=O)C1. The molecule has 0 aromatic carbocycles. The quantitative estimate of drug-likeness (QED) is 0.759. The van der Waals surface area contributed by atoms with Gasteiger partial charge in [0.25, 0.3) is 0 Å². The van der Waals surface area contributed by atoms with Gasteiger partial charge in [-0.2, -0.15) is 0 Å². The van der Waals surface area contributed by atoms with Crippen LogP contribution in [0.25, 0.3) is 0 Å². The van der Waals surface area contributed by atoms with Gasteiger partial charge in [-0.1, -0.05) is 0 Å². The molecule has 1 unspecified atom stereocenters. The van der Waals surface area contributed by atoms with E-state index in [4.69, 9.17) is 5.11 Å². The number of hydrogen-bond acceptors (Lipinski definition) is 4. The van der Waals surface area contributed by atoms with Crippen molar-refractivity contribution in [3.8, 4) is 0 Å². The van der Waals surface area contributed by atoms with Gasteiger partial charge in [0.1, 0.15) is 6.04 Å². The van der Waals surface area contributed by atoms with Crippen LogP contribution in [0.2, 0.25) is 0 Å². The molecule has 2 saturated heterocycles. The molecule has 2 rings (SSSR count). The standard InChI is InChI=1S/C11H17NO5S/c13-10(8-4-6-18(16,17)7-8)12-5-2-1-3-9(12)11(14)15/h8-9H,1-7H2,(H,14,15)/t8?,9-/m0/s1. The third kappa shape index (κ3) is 2.66. The van der Waals surface area contributed by atoms with Crippen molar-refractivity contribution in [2.75, 3.05) is 18.1 Å². The third-order valence-corrected chi connectivity index (χ3v) is 5.42. The predicted octanol–water partition coefficient (Wildman–Crippen LogP) is -0.113. The van der Waals surface area contributed by atoms with Crippen LogP contribution in [0.15, 0.2) is 0 Å². The Morgan fingerprint density at radius 1 is 1.17 bits per heavy atom. The number of carboxylic acids is 1. The van der Waals surface area contributed by atoms with Crippen molar-refractivity contribution in [2.24, 2.45) is 5.92 Å². The predicted molar refractivity (Wildman–Crippen MR) is 63.7 cm³/mol. The number of carbonyl (C=O) groups is 2. The van der Waals surface area contributed by atoms with Gasteiger partial charge >= 0.3 is 5.97 Å². The lowest BCUT2D eigenvalue weighted by Gasteiger charge is -2.34. The fourth-order valence-electron chi connectivity index (χ4n) is 2.68. The zero-order chi connectivity index (χ0) is 13.3. The first-order valence-electron chi connectivity index (χ1n) is 6.14. The van der Waals surface area contributed by atoms with E-state index in [1.807, 2.05) is 0 Å². The highest BCUT2D eigenvalue weighted by molar-refractivity contribution is 7.91. The molecule has 2 aliphatic rings. The summed E-state index contributed by atoms with van der Waals surface area (Å²) in [5.41, 5.74) is 0. The van der Waals surface area contributed by atoms with Crippen LogP contribution in [0.1, 0.15) is 25.7 Å². The van der Waals surface area contributed by atoms with Crippen molar-refractivity contribution in [3.05, 3.63) is 0 Å². The van der Waals surface area contributed by atoms with Crippen molar-refractivity contribution in [2.45, 2.75) is 31.7 Å². The zero-order valence-electron chi connectivity index (χ0n) is 10.0. The minimum Gasteiger partial charge on any atom is -0.480 e. The summed E-state index contributed by atoms with van der Waals surface area (Å²) in [7, 11) is -3.11. The van der Waals surface area contributed by atoms with E-state index in [0.29, 0.717) is 19.4 Å². The molecule has 1 N–H and O–H groups in total. The number of carboxylic acid groups (broad SMARTS) is 1. The fourth-order valence-corrected chi connectivity index (χ4v) is 4.41. The summed E-state index contributed by atoms with van der Waals surface area (Å²) >= 11 is 0. The number of hydrogen-bond donors (Lipinski definition) is 1. The number of rotatable bonds is 2. The van der Waals surface area contributed by atoms with Crippen molar-refractivity contribution >= 4 is 21.7 Å². The first-order valence-corrected chi connectivity index (χ1v) is 7.96. The largest absolute Gasteiger partial charge is 0.480 e. The topological polar surface area (TPSA) is 91.8 Å². The van der Waals surface area contributed by atoms with Crippen LogP contribution in [0.5, 0.6) is 0 Å². The van der Waals surface area contributed by atoms with Crippen molar-refractivity contribution in [1.82, 2.24) is 4.90 Å². The van der Waals surface area contributed by atoms with Crippen LogP contribution >= 0.6 is 0 Å². The van der Waals surface area contributed by atoms with Gasteiger partial charge in [0.15, 0.2) is 9.84 Å². The maximum absolute atomic E-state index is 12.2. The third-order valence-electron chi connectivity index (χ3n) is 3.65. The number of carbonyl (C=O) groups excluding carboxylic acids is 1. The van der Waals surface area contributed by atoms with Crippen LogP contribution in [-0.2, 0) is 19.4 Å². The molecule has 1 amide bonds. The Morgan fingerprint density at radius 3 is 2.44 bits per heavy atom. The van der Waals surface area contributed by atoms with Gasteiger partial charge in [0.2, 0.25) is 5.91 Å². The van der Waals surface area contributed by atoms with E-state index < -0.39 is 27.8 Å². The highest BCUT2D eigenvalue weighted by atomic mass is 32.2. The van der Waals surface area contributed by atoms with Crippen molar-refractivity contribution in [1.29, 1.82) is 0 Å². The molecule has 0 radical (unpaired) electrons. The number of amides is 1. The minimum absolute atomic E-state index is 0.0367. The lowest BCUT2D eigenvalue weighted by atomic mass is 9.99. The number of sulfone groups is 1. The molecular formula is C11H17NO5S. The Balaban J connectivity index is 2.10. The van der Waals surface area contributed by atoms with Gasteiger partial charge < -0.3 is 10.0 Å².